The quantitative estimate of drug-likeness (QED) is 0.658. The van der Waals surface area contributed by atoms with E-state index in [1.807, 2.05) is 6.92 Å². The molecule has 6 nitrogen and oxygen atoms in total. The maximum Gasteiger partial charge on any atom is 0.256 e. The van der Waals surface area contributed by atoms with E-state index in [0.29, 0.717) is 35.2 Å². The molecule has 0 atom stereocenters. The number of aromatic nitrogens is 1. The summed E-state index contributed by atoms with van der Waals surface area (Å²) in [4.78, 5) is 19.4. The van der Waals surface area contributed by atoms with Crippen LogP contribution in [0.5, 0.6) is 0 Å². The van der Waals surface area contributed by atoms with Crippen LogP contribution in [0.2, 0.25) is 0 Å². The number of benzene rings is 2. The first kappa shape index (κ1) is 19.3. The molecule has 0 N–H and O–H groups in total. The number of carbonyl (C=O) groups is 1. The Morgan fingerprint density at radius 2 is 1.90 bits per heavy atom. The minimum Gasteiger partial charge on any atom is -0.330 e. The zero-order valence-corrected chi connectivity index (χ0v) is 17.1. The minimum absolute atomic E-state index is 0.247. The zero-order chi connectivity index (χ0) is 20.9. The van der Waals surface area contributed by atoms with Crippen LogP contribution in [0.1, 0.15) is 27.0 Å². The lowest BCUT2D eigenvalue weighted by Crippen LogP contribution is -2.28. The van der Waals surface area contributed by atoms with Crippen molar-refractivity contribution < 1.29 is 17.6 Å². The molecular weight excluding hydrogens is 393 g/mol. The Balaban J connectivity index is 1.89. The second-order valence-corrected chi connectivity index (χ2v) is 9.26. The van der Waals surface area contributed by atoms with Crippen molar-refractivity contribution in [1.29, 1.82) is 0 Å². The van der Waals surface area contributed by atoms with Crippen LogP contribution >= 0.6 is 0 Å². The molecule has 8 heteroatoms. The van der Waals surface area contributed by atoms with E-state index in [-0.39, 0.29) is 11.7 Å². The van der Waals surface area contributed by atoms with Gasteiger partial charge in [0.2, 0.25) is 10.0 Å². The standard InChI is InChI=1S/C21H20FN3O3S/c1-13-17-12-25(11-14-6-8-15(22)9-7-14)21(26)18(17)20(24(2)29(3,27)28)16-5-4-10-23-19(13)16/h4-10H,11-12H2,1-3H3. The Bertz CT molecular complexity index is 1240. The fraction of sp³-hybridized carbons (Fsp3) is 0.238. The Morgan fingerprint density at radius 3 is 2.55 bits per heavy atom. The molecule has 1 amide bonds. The van der Waals surface area contributed by atoms with E-state index in [1.165, 1.54) is 19.2 Å². The van der Waals surface area contributed by atoms with Crippen LogP contribution in [0.4, 0.5) is 10.1 Å². The summed E-state index contributed by atoms with van der Waals surface area (Å²) in [6, 6.07) is 9.50. The highest BCUT2D eigenvalue weighted by atomic mass is 32.2. The van der Waals surface area contributed by atoms with Crippen molar-refractivity contribution in [2.75, 3.05) is 17.6 Å². The largest absolute Gasteiger partial charge is 0.330 e. The number of amides is 1. The maximum atomic E-state index is 13.3. The Morgan fingerprint density at radius 1 is 1.21 bits per heavy atom. The topological polar surface area (TPSA) is 70.6 Å². The van der Waals surface area contributed by atoms with Crippen LogP contribution in [0.25, 0.3) is 10.9 Å². The molecule has 0 saturated heterocycles. The number of pyridine rings is 1. The lowest BCUT2D eigenvalue weighted by molar-refractivity contribution is 0.0767. The summed E-state index contributed by atoms with van der Waals surface area (Å²) in [5, 5.41) is 0.619. The molecule has 4 rings (SSSR count). The summed E-state index contributed by atoms with van der Waals surface area (Å²) in [6.45, 7) is 2.54. The van der Waals surface area contributed by atoms with Crippen molar-refractivity contribution in [2.45, 2.75) is 20.0 Å². The van der Waals surface area contributed by atoms with E-state index in [0.717, 1.165) is 27.3 Å². The van der Waals surface area contributed by atoms with Crippen LogP contribution in [-0.2, 0) is 23.1 Å². The number of hydrogen-bond acceptors (Lipinski definition) is 4. The van der Waals surface area contributed by atoms with Gasteiger partial charge in [0.1, 0.15) is 5.82 Å². The predicted octanol–water partition coefficient (Wildman–Crippen LogP) is 3.23. The first-order chi connectivity index (χ1) is 13.7. The molecule has 1 aliphatic rings. The molecule has 0 aliphatic carbocycles. The van der Waals surface area contributed by atoms with Gasteiger partial charge in [-0.3, -0.25) is 14.1 Å². The van der Waals surface area contributed by atoms with Crippen LogP contribution in [-0.4, -0.2) is 37.5 Å². The molecular formula is C21H20FN3O3S. The lowest BCUT2D eigenvalue weighted by Gasteiger charge is -2.22. The molecule has 2 heterocycles. The van der Waals surface area contributed by atoms with Crippen molar-refractivity contribution in [3.63, 3.8) is 0 Å². The third kappa shape index (κ3) is 3.23. The highest BCUT2D eigenvalue weighted by molar-refractivity contribution is 7.92. The first-order valence-electron chi connectivity index (χ1n) is 9.06. The summed E-state index contributed by atoms with van der Waals surface area (Å²) in [7, 11) is -2.15. The Kier molecular flexibility index (Phi) is 4.53. The lowest BCUT2D eigenvalue weighted by atomic mass is 9.97. The van der Waals surface area contributed by atoms with E-state index in [9.17, 15) is 17.6 Å². The minimum atomic E-state index is -3.59. The van der Waals surface area contributed by atoms with Crippen LogP contribution in [0.3, 0.4) is 0 Å². The number of nitrogens with zero attached hydrogens (tertiary/aromatic N) is 3. The number of fused-ring (bicyclic) bond motifs is 2. The number of hydrogen-bond donors (Lipinski definition) is 0. The molecule has 1 aromatic heterocycles. The van der Waals surface area contributed by atoms with Gasteiger partial charge in [0.15, 0.2) is 0 Å². The van der Waals surface area contributed by atoms with Gasteiger partial charge in [-0.1, -0.05) is 12.1 Å². The van der Waals surface area contributed by atoms with Crippen molar-refractivity contribution in [3.8, 4) is 0 Å². The van der Waals surface area contributed by atoms with Gasteiger partial charge in [-0.25, -0.2) is 12.8 Å². The molecule has 1 aliphatic heterocycles. The van der Waals surface area contributed by atoms with Crippen molar-refractivity contribution in [2.24, 2.45) is 0 Å². The van der Waals surface area contributed by atoms with Crippen molar-refractivity contribution in [1.82, 2.24) is 9.88 Å². The van der Waals surface area contributed by atoms with E-state index >= 15 is 0 Å². The van der Waals surface area contributed by atoms with Gasteiger partial charge < -0.3 is 4.90 Å². The van der Waals surface area contributed by atoms with Gasteiger partial charge in [-0.15, -0.1) is 0 Å². The number of carbonyl (C=O) groups excluding carboxylic acids is 1. The number of halogens is 1. The maximum absolute atomic E-state index is 13.3. The first-order valence-corrected chi connectivity index (χ1v) is 10.9. The second kappa shape index (κ2) is 6.81. The molecule has 2 aromatic carbocycles. The van der Waals surface area contributed by atoms with E-state index < -0.39 is 10.0 Å². The van der Waals surface area contributed by atoms with E-state index in [4.69, 9.17) is 0 Å². The average molecular weight is 413 g/mol. The number of anilines is 1. The number of sulfonamides is 1. The predicted molar refractivity (Wildman–Crippen MR) is 110 cm³/mol. The summed E-state index contributed by atoms with van der Waals surface area (Å²) in [5.74, 6) is -0.585. The van der Waals surface area contributed by atoms with Crippen LogP contribution in [0.15, 0.2) is 42.6 Å². The highest BCUT2D eigenvalue weighted by Crippen LogP contribution is 2.41. The number of aryl methyl sites for hydroxylation is 1. The van der Waals surface area contributed by atoms with Crippen molar-refractivity contribution >= 4 is 32.5 Å². The molecule has 0 radical (unpaired) electrons. The van der Waals surface area contributed by atoms with E-state index in [1.54, 1.807) is 35.4 Å². The summed E-state index contributed by atoms with van der Waals surface area (Å²) in [6.07, 6.45) is 2.76. The van der Waals surface area contributed by atoms with Gasteiger partial charge in [-0.05, 0) is 47.9 Å². The molecule has 150 valence electrons. The molecule has 0 fully saturated rings. The monoisotopic (exact) mass is 413 g/mol. The van der Waals surface area contributed by atoms with Gasteiger partial charge in [0.05, 0.1) is 23.0 Å². The highest BCUT2D eigenvalue weighted by Gasteiger charge is 2.36. The van der Waals surface area contributed by atoms with Crippen LogP contribution in [0, 0.1) is 12.7 Å². The zero-order valence-electron chi connectivity index (χ0n) is 16.3. The summed E-state index contributed by atoms with van der Waals surface area (Å²) >= 11 is 0. The second-order valence-electron chi connectivity index (χ2n) is 7.24. The van der Waals surface area contributed by atoms with Gasteiger partial charge in [0.25, 0.3) is 5.91 Å². The number of rotatable bonds is 4. The fourth-order valence-electron chi connectivity index (χ4n) is 3.78. The van der Waals surface area contributed by atoms with Gasteiger partial charge >= 0.3 is 0 Å². The Labute approximate surface area is 168 Å². The Hall–Kier alpha value is -3.00. The van der Waals surface area contributed by atoms with Crippen LogP contribution < -0.4 is 4.31 Å². The third-order valence-electron chi connectivity index (χ3n) is 5.36. The molecule has 3 aromatic rings. The van der Waals surface area contributed by atoms with Crippen molar-refractivity contribution in [3.05, 3.63) is 70.7 Å². The van der Waals surface area contributed by atoms with E-state index in [2.05, 4.69) is 4.98 Å². The molecule has 0 unspecified atom stereocenters. The molecule has 29 heavy (non-hydrogen) atoms. The van der Waals surface area contributed by atoms with Gasteiger partial charge in [0, 0.05) is 31.7 Å². The normalized spacial score (nSPS) is 13.8. The SMILES string of the molecule is Cc1c2c(c(N(C)S(C)(=O)=O)c3cccnc13)C(=O)N(Cc1ccc(F)cc1)C2. The molecule has 0 bridgehead atoms. The fourth-order valence-corrected chi connectivity index (χ4v) is 4.30. The molecule has 0 saturated carbocycles. The van der Waals surface area contributed by atoms with Gasteiger partial charge in [-0.2, -0.15) is 0 Å². The average Bonchev–Trinajstić information content (AvgIpc) is 3.00. The summed E-state index contributed by atoms with van der Waals surface area (Å²) < 4.78 is 39.0. The molecule has 0 spiro atoms. The smallest absolute Gasteiger partial charge is 0.256 e. The third-order valence-corrected chi connectivity index (χ3v) is 6.54. The summed E-state index contributed by atoms with van der Waals surface area (Å²) in [5.41, 5.74) is 3.84.